The van der Waals surface area contributed by atoms with Gasteiger partial charge in [0.1, 0.15) is 11.9 Å². The van der Waals surface area contributed by atoms with Gasteiger partial charge < -0.3 is 20.3 Å². The first-order chi connectivity index (χ1) is 13.4. The van der Waals surface area contributed by atoms with E-state index in [1.807, 2.05) is 0 Å². The van der Waals surface area contributed by atoms with Crippen molar-refractivity contribution >= 4 is 11.0 Å². The Morgan fingerprint density at radius 2 is 1.93 bits per heavy atom. The quantitative estimate of drug-likeness (QED) is 0.613. The molecule has 28 heavy (non-hydrogen) atoms. The molecular formula is C18H17F3N4O3. The van der Waals surface area contributed by atoms with Crippen LogP contribution in [0.5, 0.6) is 5.75 Å². The fraction of sp³-hybridized carbons (Fsp3) is 0.333. The second-order valence-corrected chi connectivity index (χ2v) is 6.49. The summed E-state index contributed by atoms with van der Waals surface area (Å²) in [6, 6.07) is 6.94. The summed E-state index contributed by atoms with van der Waals surface area (Å²) in [5.41, 5.74) is 2.19. The van der Waals surface area contributed by atoms with Crippen LogP contribution >= 0.6 is 0 Å². The molecule has 1 aliphatic heterocycles. The standard InChI is InChI=1S/C18H17F3N4O3/c19-18(20,21)28-12-3-1-11(2-4-12)25-17-15(16(24-25)10-7-22-8-10)13(5-6-23-17)14(27)9-26/h1-6,10,14,22,26-27H,7-9H2. The number of aliphatic hydroxyl groups is 2. The highest BCUT2D eigenvalue weighted by atomic mass is 19.4. The molecule has 0 bridgehead atoms. The number of rotatable bonds is 5. The number of aliphatic hydroxyl groups excluding tert-OH is 2. The molecule has 3 heterocycles. The Hall–Kier alpha value is -2.69. The average molecular weight is 394 g/mol. The third kappa shape index (κ3) is 3.41. The number of hydrogen-bond acceptors (Lipinski definition) is 6. The van der Waals surface area contributed by atoms with Crippen molar-refractivity contribution in [2.24, 2.45) is 0 Å². The summed E-state index contributed by atoms with van der Waals surface area (Å²) >= 11 is 0. The molecule has 1 fully saturated rings. The summed E-state index contributed by atoms with van der Waals surface area (Å²) in [7, 11) is 0. The summed E-state index contributed by atoms with van der Waals surface area (Å²) in [6.07, 6.45) is -4.35. The maximum Gasteiger partial charge on any atom is 0.573 e. The third-order valence-corrected chi connectivity index (χ3v) is 4.64. The number of fused-ring (bicyclic) bond motifs is 1. The largest absolute Gasteiger partial charge is 0.573 e. The number of hydrogen-bond donors (Lipinski definition) is 3. The van der Waals surface area contributed by atoms with Gasteiger partial charge in [-0.2, -0.15) is 5.10 Å². The van der Waals surface area contributed by atoms with Crippen LogP contribution in [-0.4, -0.2) is 51.0 Å². The van der Waals surface area contributed by atoms with Gasteiger partial charge in [-0.3, -0.25) is 0 Å². The minimum absolute atomic E-state index is 0.116. The van der Waals surface area contributed by atoms with Crippen LogP contribution in [-0.2, 0) is 0 Å². The minimum Gasteiger partial charge on any atom is -0.406 e. The van der Waals surface area contributed by atoms with Crippen molar-refractivity contribution in [2.75, 3.05) is 19.7 Å². The van der Waals surface area contributed by atoms with Crippen molar-refractivity contribution in [1.82, 2.24) is 20.1 Å². The zero-order valence-corrected chi connectivity index (χ0v) is 14.5. The molecule has 7 nitrogen and oxygen atoms in total. The fourth-order valence-electron chi connectivity index (χ4n) is 3.21. The van der Waals surface area contributed by atoms with Gasteiger partial charge in [0.05, 0.1) is 18.0 Å². The first-order valence-electron chi connectivity index (χ1n) is 8.60. The maximum atomic E-state index is 12.4. The van der Waals surface area contributed by atoms with Crippen LogP contribution in [0.15, 0.2) is 36.5 Å². The highest BCUT2D eigenvalue weighted by Crippen LogP contribution is 2.33. The van der Waals surface area contributed by atoms with Crippen molar-refractivity contribution in [2.45, 2.75) is 18.4 Å². The summed E-state index contributed by atoms with van der Waals surface area (Å²) in [5, 5.41) is 28.0. The van der Waals surface area contributed by atoms with Gasteiger partial charge in [0.25, 0.3) is 0 Å². The third-order valence-electron chi connectivity index (χ3n) is 4.64. The lowest BCUT2D eigenvalue weighted by molar-refractivity contribution is -0.274. The molecule has 3 N–H and O–H groups in total. The normalized spacial score (nSPS) is 16.2. The van der Waals surface area contributed by atoms with E-state index in [0.29, 0.717) is 35.4 Å². The number of aromatic nitrogens is 3. The fourth-order valence-corrected chi connectivity index (χ4v) is 3.21. The van der Waals surface area contributed by atoms with Gasteiger partial charge >= 0.3 is 6.36 Å². The van der Waals surface area contributed by atoms with Crippen LogP contribution < -0.4 is 10.1 Å². The molecule has 4 rings (SSSR count). The van der Waals surface area contributed by atoms with Crippen LogP contribution in [0.4, 0.5) is 13.2 Å². The van der Waals surface area contributed by atoms with Gasteiger partial charge in [0.15, 0.2) is 5.65 Å². The number of nitrogens with zero attached hydrogens (tertiary/aromatic N) is 3. The maximum absolute atomic E-state index is 12.4. The Labute approximate surface area is 157 Å². The van der Waals surface area contributed by atoms with E-state index in [1.54, 1.807) is 6.07 Å². The van der Waals surface area contributed by atoms with Crippen molar-refractivity contribution < 1.29 is 28.1 Å². The molecule has 0 amide bonds. The first-order valence-corrected chi connectivity index (χ1v) is 8.60. The van der Waals surface area contributed by atoms with Crippen LogP contribution in [0.2, 0.25) is 0 Å². The molecule has 10 heteroatoms. The summed E-state index contributed by atoms with van der Waals surface area (Å²) in [6.45, 7) is 0.984. The number of halogens is 3. The monoisotopic (exact) mass is 394 g/mol. The van der Waals surface area contributed by atoms with Gasteiger partial charge in [0, 0.05) is 30.6 Å². The molecular weight excluding hydrogens is 377 g/mol. The summed E-state index contributed by atoms with van der Waals surface area (Å²) in [4.78, 5) is 4.35. The molecule has 1 atom stereocenters. The van der Waals surface area contributed by atoms with E-state index in [-0.39, 0.29) is 11.7 Å². The lowest BCUT2D eigenvalue weighted by Crippen LogP contribution is -2.40. The number of nitrogens with one attached hydrogen (secondary N) is 1. The van der Waals surface area contributed by atoms with Gasteiger partial charge in [-0.15, -0.1) is 13.2 Å². The molecule has 148 valence electrons. The van der Waals surface area contributed by atoms with Gasteiger partial charge in [0.2, 0.25) is 0 Å². The lowest BCUT2D eigenvalue weighted by atomic mass is 9.94. The molecule has 0 radical (unpaired) electrons. The Kier molecular flexibility index (Phi) is 4.69. The second-order valence-electron chi connectivity index (χ2n) is 6.49. The smallest absolute Gasteiger partial charge is 0.406 e. The highest BCUT2D eigenvalue weighted by Gasteiger charge is 2.31. The molecule has 0 spiro atoms. The van der Waals surface area contributed by atoms with Crippen LogP contribution in [0, 0.1) is 0 Å². The van der Waals surface area contributed by atoms with Crippen LogP contribution in [0.3, 0.4) is 0 Å². The zero-order chi connectivity index (χ0) is 19.9. The average Bonchev–Trinajstić information content (AvgIpc) is 2.98. The number of alkyl halides is 3. The number of pyridine rings is 1. The van der Waals surface area contributed by atoms with E-state index in [2.05, 4.69) is 20.1 Å². The summed E-state index contributed by atoms with van der Waals surface area (Å²) in [5.74, 6) is -0.217. The first kappa shape index (κ1) is 18.7. The zero-order valence-electron chi connectivity index (χ0n) is 14.5. The van der Waals surface area contributed by atoms with E-state index in [0.717, 1.165) is 5.69 Å². The summed E-state index contributed by atoms with van der Waals surface area (Å²) < 4.78 is 42.5. The second kappa shape index (κ2) is 7.04. The number of benzene rings is 1. The SMILES string of the molecule is OCC(O)c1ccnc2c1c(C1CNC1)nn2-c1ccc(OC(F)(F)F)cc1. The van der Waals surface area contributed by atoms with Crippen molar-refractivity contribution in [3.63, 3.8) is 0 Å². The molecule has 1 aromatic carbocycles. The molecule has 1 saturated heterocycles. The van der Waals surface area contributed by atoms with E-state index in [9.17, 15) is 23.4 Å². The Morgan fingerprint density at radius 1 is 1.21 bits per heavy atom. The van der Waals surface area contributed by atoms with Crippen molar-refractivity contribution in [3.8, 4) is 11.4 Å². The van der Waals surface area contributed by atoms with E-state index >= 15 is 0 Å². The predicted molar refractivity (Wildman–Crippen MR) is 93.2 cm³/mol. The molecule has 1 unspecified atom stereocenters. The van der Waals surface area contributed by atoms with Gasteiger partial charge in [-0.1, -0.05) is 0 Å². The highest BCUT2D eigenvalue weighted by molar-refractivity contribution is 5.84. The van der Waals surface area contributed by atoms with E-state index < -0.39 is 19.1 Å². The van der Waals surface area contributed by atoms with Gasteiger partial charge in [-0.05, 0) is 35.9 Å². The Morgan fingerprint density at radius 3 is 2.50 bits per heavy atom. The van der Waals surface area contributed by atoms with Crippen LogP contribution in [0.1, 0.15) is 23.3 Å². The van der Waals surface area contributed by atoms with Crippen LogP contribution in [0.25, 0.3) is 16.7 Å². The topological polar surface area (TPSA) is 92.4 Å². The lowest BCUT2D eigenvalue weighted by Gasteiger charge is -2.26. The van der Waals surface area contributed by atoms with Crippen molar-refractivity contribution in [1.29, 1.82) is 0 Å². The molecule has 3 aromatic rings. The van der Waals surface area contributed by atoms with E-state index in [1.165, 1.54) is 35.1 Å². The minimum atomic E-state index is -4.76. The van der Waals surface area contributed by atoms with E-state index in [4.69, 9.17) is 0 Å². The molecule has 2 aromatic heterocycles. The molecule has 0 saturated carbocycles. The van der Waals surface area contributed by atoms with Crippen molar-refractivity contribution in [3.05, 3.63) is 47.8 Å². The Balaban J connectivity index is 1.81. The number of ether oxygens (including phenoxy) is 1. The van der Waals surface area contributed by atoms with Gasteiger partial charge in [-0.25, -0.2) is 9.67 Å². The molecule has 0 aliphatic carbocycles. The molecule has 1 aliphatic rings. The predicted octanol–water partition coefficient (Wildman–Crippen LogP) is 2.03. The Bertz CT molecular complexity index is 984.